The van der Waals surface area contributed by atoms with Crippen molar-refractivity contribution in [3.05, 3.63) is 59.9 Å². The Kier molecular flexibility index (Phi) is 8.99. The van der Waals surface area contributed by atoms with Crippen molar-refractivity contribution < 1.29 is 23.4 Å². The number of nitrogens with zero attached hydrogens (tertiary/aromatic N) is 2. The van der Waals surface area contributed by atoms with Gasteiger partial charge in [0.1, 0.15) is 18.0 Å². The van der Waals surface area contributed by atoms with Crippen LogP contribution in [0.25, 0.3) is 0 Å². The number of methoxy groups -OCH3 is 1. The van der Waals surface area contributed by atoms with Crippen LogP contribution < -0.4 is 9.47 Å². The van der Waals surface area contributed by atoms with E-state index in [4.69, 9.17) is 14.2 Å². The lowest BCUT2D eigenvalue weighted by Gasteiger charge is -2.31. The zero-order valence-corrected chi connectivity index (χ0v) is 20.7. The van der Waals surface area contributed by atoms with Crippen LogP contribution in [0.1, 0.15) is 44.1 Å². The number of amides is 1. The van der Waals surface area contributed by atoms with Crippen LogP contribution in [0, 0.1) is 5.82 Å². The van der Waals surface area contributed by atoms with Gasteiger partial charge in [-0.3, -0.25) is 9.69 Å². The molecule has 0 aliphatic carbocycles. The first-order valence-electron chi connectivity index (χ1n) is 12.7. The number of hydrogen-bond donors (Lipinski definition) is 0. The fraction of sp³-hybridized carbons (Fsp3) is 0.536. The van der Waals surface area contributed by atoms with E-state index in [-0.39, 0.29) is 17.5 Å². The smallest absolute Gasteiger partial charge is 0.222 e. The number of hydrogen-bond acceptors (Lipinski definition) is 5. The summed E-state index contributed by atoms with van der Waals surface area (Å²) < 4.78 is 31.7. The fourth-order valence-corrected chi connectivity index (χ4v) is 4.94. The maximum atomic E-state index is 14.0. The van der Waals surface area contributed by atoms with Crippen LogP contribution in [-0.4, -0.2) is 67.8 Å². The highest BCUT2D eigenvalue weighted by molar-refractivity contribution is 5.77. The highest BCUT2D eigenvalue weighted by Crippen LogP contribution is 2.29. The molecule has 1 amide bonds. The lowest BCUT2D eigenvalue weighted by molar-refractivity contribution is -0.127. The summed E-state index contributed by atoms with van der Waals surface area (Å²) in [5.74, 6) is 1.06. The molecule has 0 saturated carbocycles. The highest BCUT2D eigenvalue weighted by atomic mass is 19.1. The quantitative estimate of drug-likeness (QED) is 0.434. The molecule has 0 bridgehead atoms. The third-order valence-electron chi connectivity index (χ3n) is 7.07. The lowest BCUT2D eigenvalue weighted by atomic mass is 9.95. The predicted molar refractivity (Wildman–Crippen MR) is 133 cm³/mol. The maximum Gasteiger partial charge on any atom is 0.222 e. The molecule has 4 rings (SSSR count). The number of carbonyl (C=O) groups is 1. The Balaban J connectivity index is 1.25. The van der Waals surface area contributed by atoms with E-state index < -0.39 is 5.60 Å². The highest BCUT2D eigenvalue weighted by Gasteiger charge is 2.34. The Morgan fingerprint density at radius 3 is 2.69 bits per heavy atom. The van der Waals surface area contributed by atoms with Crippen molar-refractivity contribution in [2.75, 3.05) is 46.5 Å². The van der Waals surface area contributed by atoms with Crippen molar-refractivity contribution in [2.45, 2.75) is 50.7 Å². The predicted octanol–water partition coefficient (Wildman–Crippen LogP) is 4.67. The summed E-state index contributed by atoms with van der Waals surface area (Å²) in [6.07, 6.45) is 5.18. The van der Waals surface area contributed by atoms with Gasteiger partial charge in [-0.2, -0.15) is 0 Å². The van der Waals surface area contributed by atoms with Gasteiger partial charge in [0.25, 0.3) is 0 Å². The van der Waals surface area contributed by atoms with Gasteiger partial charge in [0.2, 0.25) is 5.91 Å². The second kappa shape index (κ2) is 12.4. The topological polar surface area (TPSA) is 51.2 Å². The molecular weight excluding hydrogens is 447 g/mol. The van der Waals surface area contributed by atoms with Gasteiger partial charge in [-0.25, -0.2) is 4.39 Å². The minimum Gasteiger partial charge on any atom is -0.494 e. The van der Waals surface area contributed by atoms with E-state index in [1.807, 2.05) is 17.0 Å². The molecule has 0 radical (unpaired) electrons. The third kappa shape index (κ3) is 7.18. The molecule has 0 aromatic heterocycles. The van der Waals surface area contributed by atoms with E-state index in [1.165, 1.54) is 11.6 Å². The second-order valence-corrected chi connectivity index (χ2v) is 9.57. The van der Waals surface area contributed by atoms with Gasteiger partial charge >= 0.3 is 0 Å². The molecule has 7 heteroatoms. The van der Waals surface area contributed by atoms with Gasteiger partial charge in [0.05, 0.1) is 6.61 Å². The van der Waals surface area contributed by atoms with E-state index in [1.54, 1.807) is 25.3 Å². The average Bonchev–Trinajstić information content (AvgIpc) is 3.17. The first-order valence-corrected chi connectivity index (χ1v) is 12.7. The van der Waals surface area contributed by atoms with Gasteiger partial charge in [-0.15, -0.1) is 0 Å². The van der Waals surface area contributed by atoms with Gasteiger partial charge < -0.3 is 19.1 Å². The minimum absolute atomic E-state index is 0.265. The Morgan fingerprint density at radius 1 is 1.00 bits per heavy atom. The largest absolute Gasteiger partial charge is 0.494 e. The number of carbonyl (C=O) groups excluding carboxylic acids is 1. The van der Waals surface area contributed by atoms with Crippen LogP contribution in [0.4, 0.5) is 4.39 Å². The molecule has 1 atom stereocenters. The van der Waals surface area contributed by atoms with Gasteiger partial charge in [0.15, 0.2) is 11.6 Å². The molecule has 6 nitrogen and oxygen atoms in total. The summed E-state index contributed by atoms with van der Waals surface area (Å²) in [5.41, 5.74) is 0.795. The fourth-order valence-electron chi connectivity index (χ4n) is 4.94. The molecule has 2 heterocycles. The molecule has 2 aromatic rings. The summed E-state index contributed by atoms with van der Waals surface area (Å²) in [6.45, 7) is 5.29. The first kappa shape index (κ1) is 25.5. The number of benzene rings is 2. The molecule has 2 fully saturated rings. The molecule has 2 saturated heterocycles. The summed E-state index contributed by atoms with van der Waals surface area (Å²) in [7, 11) is 1.72. The van der Waals surface area contributed by atoms with Crippen molar-refractivity contribution in [1.29, 1.82) is 0 Å². The lowest BCUT2D eigenvalue weighted by Crippen LogP contribution is -2.39. The summed E-state index contributed by atoms with van der Waals surface area (Å²) in [6, 6.07) is 14.8. The van der Waals surface area contributed by atoms with E-state index in [2.05, 4.69) is 17.0 Å². The number of para-hydroxylation sites is 1. The van der Waals surface area contributed by atoms with Crippen LogP contribution in [0.5, 0.6) is 11.5 Å². The molecule has 35 heavy (non-hydrogen) atoms. The van der Waals surface area contributed by atoms with Crippen molar-refractivity contribution in [3.63, 3.8) is 0 Å². The van der Waals surface area contributed by atoms with Crippen LogP contribution in [0.15, 0.2) is 48.5 Å². The summed E-state index contributed by atoms with van der Waals surface area (Å²) >= 11 is 0. The van der Waals surface area contributed by atoms with Crippen LogP contribution >= 0.6 is 0 Å². The Hall–Kier alpha value is -2.64. The SMILES string of the molecule is CO[C@]1(COc2ccccc2F)CCCN(Cc2cccc(OCCCN3CCCC3=O)c2)CC1. The van der Waals surface area contributed by atoms with E-state index in [9.17, 15) is 9.18 Å². The summed E-state index contributed by atoms with van der Waals surface area (Å²) in [4.78, 5) is 16.1. The molecule has 2 aromatic carbocycles. The molecule has 0 N–H and O–H groups in total. The number of halogens is 1. The average molecular weight is 485 g/mol. The zero-order chi connectivity index (χ0) is 24.5. The minimum atomic E-state index is -0.418. The number of rotatable bonds is 11. The molecule has 0 spiro atoms. The summed E-state index contributed by atoms with van der Waals surface area (Å²) in [5, 5.41) is 0. The van der Waals surface area contributed by atoms with Crippen LogP contribution in [-0.2, 0) is 16.1 Å². The standard InChI is InChI=1S/C28H37FN2O4/c1-33-28(22-35-26-11-3-2-10-25(26)29)13-6-15-30(18-14-28)21-23-8-4-9-24(20-23)34-19-7-17-31-16-5-12-27(31)32/h2-4,8-11,20H,5-7,12-19,21-22H2,1H3/t28-/m1/s1. The van der Waals surface area contributed by atoms with Crippen molar-refractivity contribution in [2.24, 2.45) is 0 Å². The number of likely N-dealkylation sites (tertiary alicyclic amines) is 2. The molecule has 2 aliphatic heterocycles. The molecule has 2 aliphatic rings. The van der Waals surface area contributed by atoms with E-state index in [0.29, 0.717) is 19.6 Å². The Labute approximate surface area is 208 Å². The maximum absolute atomic E-state index is 14.0. The van der Waals surface area contributed by atoms with Gasteiger partial charge in [0, 0.05) is 39.7 Å². The monoisotopic (exact) mass is 484 g/mol. The van der Waals surface area contributed by atoms with Crippen LogP contribution in [0.2, 0.25) is 0 Å². The Bertz CT molecular complexity index is 971. The van der Waals surface area contributed by atoms with Gasteiger partial charge in [-0.05, 0) is 68.5 Å². The molecule has 190 valence electrons. The van der Waals surface area contributed by atoms with Gasteiger partial charge in [-0.1, -0.05) is 24.3 Å². The molecular formula is C28H37FN2O4. The number of ether oxygens (including phenoxy) is 3. The van der Waals surface area contributed by atoms with Crippen molar-refractivity contribution in [3.8, 4) is 11.5 Å². The zero-order valence-electron chi connectivity index (χ0n) is 20.7. The van der Waals surface area contributed by atoms with Crippen LogP contribution in [0.3, 0.4) is 0 Å². The van der Waals surface area contributed by atoms with E-state index in [0.717, 1.165) is 70.6 Å². The van der Waals surface area contributed by atoms with E-state index >= 15 is 0 Å². The van der Waals surface area contributed by atoms with Crippen molar-refractivity contribution >= 4 is 5.91 Å². The molecule has 0 unspecified atom stereocenters. The second-order valence-electron chi connectivity index (χ2n) is 9.57. The Morgan fingerprint density at radius 2 is 1.89 bits per heavy atom. The van der Waals surface area contributed by atoms with Crippen molar-refractivity contribution in [1.82, 2.24) is 9.80 Å². The third-order valence-corrected chi connectivity index (χ3v) is 7.07. The normalized spacial score (nSPS) is 21.2. The first-order chi connectivity index (χ1) is 17.1.